The lowest BCUT2D eigenvalue weighted by molar-refractivity contribution is -0.128. The molecule has 0 aromatic heterocycles. The van der Waals surface area contributed by atoms with Gasteiger partial charge in [0.05, 0.1) is 0 Å². The zero-order valence-electron chi connectivity index (χ0n) is 14.0. The maximum atomic E-state index is 12.0. The molecule has 2 N–H and O–H groups in total. The minimum Gasteiger partial charge on any atom is -0.481 e. The molecule has 4 heteroatoms. The second kappa shape index (κ2) is 7.46. The van der Waals surface area contributed by atoms with Crippen molar-refractivity contribution in [2.24, 2.45) is 0 Å². The van der Waals surface area contributed by atoms with Crippen molar-refractivity contribution >= 4 is 5.91 Å². The topological polar surface area (TPSA) is 50.4 Å². The van der Waals surface area contributed by atoms with Crippen LogP contribution in [0, 0.1) is 0 Å². The summed E-state index contributed by atoms with van der Waals surface area (Å²) in [6.45, 7) is 12.8. The first kappa shape index (κ1) is 17.5. The van der Waals surface area contributed by atoms with E-state index in [9.17, 15) is 4.79 Å². The van der Waals surface area contributed by atoms with Crippen molar-refractivity contribution in [3.8, 4) is 5.75 Å². The highest BCUT2D eigenvalue weighted by molar-refractivity contribution is 5.81. The Bertz CT molecular complexity index is 449. The summed E-state index contributed by atoms with van der Waals surface area (Å²) in [5.41, 5.74) is 0.954. The van der Waals surface area contributed by atoms with Gasteiger partial charge in [-0.3, -0.25) is 4.79 Å². The standard InChI is InChI=1S/C17H28N2O2/c1-7-18-12(2)14-8-10-15(11-9-14)21-13(3)16(20)19-17(4,5)6/h8-13,18H,7H2,1-6H3,(H,19,20). The van der Waals surface area contributed by atoms with E-state index in [2.05, 4.69) is 24.5 Å². The number of nitrogens with one attached hydrogen (secondary N) is 2. The molecule has 1 amide bonds. The normalized spacial score (nSPS) is 14.4. The number of hydrogen-bond donors (Lipinski definition) is 2. The van der Waals surface area contributed by atoms with Crippen molar-refractivity contribution in [3.63, 3.8) is 0 Å². The van der Waals surface area contributed by atoms with Gasteiger partial charge in [0.15, 0.2) is 6.10 Å². The molecule has 0 radical (unpaired) electrons. The van der Waals surface area contributed by atoms with Gasteiger partial charge in [-0.25, -0.2) is 0 Å². The van der Waals surface area contributed by atoms with Gasteiger partial charge < -0.3 is 15.4 Å². The highest BCUT2D eigenvalue weighted by Crippen LogP contribution is 2.18. The third-order valence-corrected chi connectivity index (χ3v) is 3.07. The van der Waals surface area contributed by atoms with Crippen LogP contribution in [0.4, 0.5) is 0 Å². The van der Waals surface area contributed by atoms with Crippen molar-refractivity contribution in [1.82, 2.24) is 10.6 Å². The molecule has 118 valence electrons. The number of ether oxygens (including phenoxy) is 1. The van der Waals surface area contributed by atoms with Crippen molar-refractivity contribution < 1.29 is 9.53 Å². The molecule has 0 fully saturated rings. The van der Waals surface area contributed by atoms with Crippen LogP contribution in [0.3, 0.4) is 0 Å². The van der Waals surface area contributed by atoms with Gasteiger partial charge in [0.25, 0.3) is 5.91 Å². The van der Waals surface area contributed by atoms with Crippen molar-refractivity contribution in [3.05, 3.63) is 29.8 Å². The first-order chi connectivity index (χ1) is 9.73. The van der Waals surface area contributed by atoms with Crippen LogP contribution in [0.2, 0.25) is 0 Å². The third kappa shape index (κ3) is 6.17. The molecule has 1 rings (SSSR count). The fourth-order valence-corrected chi connectivity index (χ4v) is 1.99. The van der Waals surface area contributed by atoms with E-state index in [0.717, 1.165) is 6.54 Å². The van der Waals surface area contributed by atoms with E-state index in [1.807, 2.05) is 45.0 Å². The monoisotopic (exact) mass is 292 g/mol. The van der Waals surface area contributed by atoms with Crippen LogP contribution in [0.15, 0.2) is 24.3 Å². The van der Waals surface area contributed by atoms with Crippen molar-refractivity contribution in [1.29, 1.82) is 0 Å². The Kier molecular flexibility index (Phi) is 6.21. The second-order valence-corrected chi connectivity index (χ2v) is 6.35. The molecule has 1 aromatic rings. The molecule has 2 atom stereocenters. The van der Waals surface area contributed by atoms with Crippen LogP contribution in [-0.2, 0) is 4.79 Å². The maximum Gasteiger partial charge on any atom is 0.261 e. The van der Waals surface area contributed by atoms with Gasteiger partial charge in [-0.15, -0.1) is 0 Å². The summed E-state index contributed by atoms with van der Waals surface area (Å²) in [6, 6.07) is 8.17. The Balaban J connectivity index is 2.61. The lowest BCUT2D eigenvalue weighted by Gasteiger charge is -2.23. The van der Waals surface area contributed by atoms with Crippen LogP contribution < -0.4 is 15.4 Å². The first-order valence-electron chi connectivity index (χ1n) is 7.55. The minimum atomic E-state index is -0.513. The van der Waals surface area contributed by atoms with Gasteiger partial charge in [-0.2, -0.15) is 0 Å². The predicted octanol–water partition coefficient (Wildman–Crippen LogP) is 3.04. The molecule has 0 saturated carbocycles. The Morgan fingerprint density at radius 3 is 2.24 bits per heavy atom. The Morgan fingerprint density at radius 2 is 1.76 bits per heavy atom. The molecule has 0 bridgehead atoms. The molecule has 0 spiro atoms. The number of carbonyl (C=O) groups is 1. The average Bonchev–Trinajstić information content (AvgIpc) is 2.37. The predicted molar refractivity (Wildman–Crippen MR) is 86.5 cm³/mol. The average molecular weight is 292 g/mol. The van der Waals surface area contributed by atoms with Gasteiger partial charge in [0, 0.05) is 11.6 Å². The van der Waals surface area contributed by atoms with Crippen LogP contribution >= 0.6 is 0 Å². The largest absolute Gasteiger partial charge is 0.481 e. The molecule has 0 heterocycles. The fraction of sp³-hybridized carbons (Fsp3) is 0.588. The SMILES string of the molecule is CCNC(C)c1ccc(OC(C)C(=O)NC(C)(C)C)cc1. The summed E-state index contributed by atoms with van der Waals surface area (Å²) < 4.78 is 5.68. The van der Waals surface area contributed by atoms with Crippen molar-refractivity contribution in [2.75, 3.05) is 6.54 Å². The van der Waals surface area contributed by atoms with E-state index in [0.29, 0.717) is 11.8 Å². The number of rotatable bonds is 6. The quantitative estimate of drug-likeness (QED) is 0.847. The molecule has 1 aromatic carbocycles. The van der Waals surface area contributed by atoms with E-state index >= 15 is 0 Å². The molecule has 4 nitrogen and oxygen atoms in total. The Labute approximate surface area is 128 Å². The van der Waals surface area contributed by atoms with Gasteiger partial charge in [-0.1, -0.05) is 19.1 Å². The molecule has 0 aliphatic rings. The molecule has 21 heavy (non-hydrogen) atoms. The van der Waals surface area contributed by atoms with Crippen LogP contribution in [0.25, 0.3) is 0 Å². The van der Waals surface area contributed by atoms with Crippen LogP contribution in [0.5, 0.6) is 5.75 Å². The molecule has 0 saturated heterocycles. The van der Waals surface area contributed by atoms with Crippen LogP contribution in [-0.4, -0.2) is 24.1 Å². The van der Waals surface area contributed by atoms with Gasteiger partial charge in [0.1, 0.15) is 5.75 Å². The van der Waals surface area contributed by atoms with E-state index in [1.54, 1.807) is 6.92 Å². The Morgan fingerprint density at radius 1 is 1.19 bits per heavy atom. The third-order valence-electron chi connectivity index (χ3n) is 3.07. The number of hydrogen-bond acceptors (Lipinski definition) is 3. The molecule has 2 unspecified atom stereocenters. The van der Waals surface area contributed by atoms with Crippen LogP contribution in [0.1, 0.15) is 53.1 Å². The number of carbonyl (C=O) groups excluding carboxylic acids is 1. The van der Waals surface area contributed by atoms with E-state index in [4.69, 9.17) is 4.74 Å². The highest BCUT2D eigenvalue weighted by Gasteiger charge is 2.20. The minimum absolute atomic E-state index is 0.104. The molecular formula is C17H28N2O2. The second-order valence-electron chi connectivity index (χ2n) is 6.35. The summed E-state index contributed by atoms with van der Waals surface area (Å²) >= 11 is 0. The summed E-state index contributed by atoms with van der Waals surface area (Å²) in [7, 11) is 0. The summed E-state index contributed by atoms with van der Waals surface area (Å²) in [5, 5.41) is 6.27. The van der Waals surface area contributed by atoms with Crippen molar-refractivity contribution in [2.45, 2.75) is 59.2 Å². The smallest absolute Gasteiger partial charge is 0.261 e. The van der Waals surface area contributed by atoms with Gasteiger partial charge >= 0.3 is 0 Å². The summed E-state index contributed by atoms with van der Waals surface area (Å²) in [5.74, 6) is 0.603. The molecule has 0 aliphatic heterocycles. The fourth-order valence-electron chi connectivity index (χ4n) is 1.99. The van der Waals surface area contributed by atoms with Gasteiger partial charge in [-0.05, 0) is 58.9 Å². The zero-order chi connectivity index (χ0) is 16.0. The molecule has 0 aliphatic carbocycles. The summed E-state index contributed by atoms with van der Waals surface area (Å²) in [4.78, 5) is 12.0. The lowest BCUT2D eigenvalue weighted by atomic mass is 10.1. The van der Waals surface area contributed by atoms with E-state index < -0.39 is 6.10 Å². The maximum absolute atomic E-state index is 12.0. The highest BCUT2D eigenvalue weighted by atomic mass is 16.5. The van der Waals surface area contributed by atoms with E-state index in [-0.39, 0.29) is 11.4 Å². The summed E-state index contributed by atoms with van der Waals surface area (Å²) in [6.07, 6.45) is -0.513. The number of benzene rings is 1. The van der Waals surface area contributed by atoms with E-state index in [1.165, 1.54) is 5.56 Å². The van der Waals surface area contributed by atoms with Gasteiger partial charge in [0.2, 0.25) is 0 Å². The molecular weight excluding hydrogens is 264 g/mol. The Hall–Kier alpha value is -1.55. The lowest BCUT2D eigenvalue weighted by Crippen LogP contribution is -2.46. The number of amides is 1. The first-order valence-corrected chi connectivity index (χ1v) is 7.55. The zero-order valence-corrected chi connectivity index (χ0v) is 14.0.